The van der Waals surface area contributed by atoms with E-state index in [1.807, 2.05) is 0 Å². The monoisotopic (exact) mass is 453 g/mol. The third-order valence-corrected chi connectivity index (χ3v) is 5.77. The van der Waals surface area contributed by atoms with Crippen LogP contribution < -0.4 is 15.1 Å². The molecule has 3 amide bonds. The van der Waals surface area contributed by atoms with Crippen molar-refractivity contribution >= 4 is 35.1 Å². The van der Waals surface area contributed by atoms with Gasteiger partial charge in [-0.05, 0) is 51.1 Å². The molecule has 33 heavy (non-hydrogen) atoms. The summed E-state index contributed by atoms with van der Waals surface area (Å²) in [5, 5.41) is 2.57. The number of likely N-dealkylation sites (N-methyl/N-ethyl adjacent to an activating group) is 1. The third kappa shape index (κ3) is 3.35. The van der Waals surface area contributed by atoms with Crippen LogP contribution in [0, 0.1) is 5.82 Å². The topological polar surface area (TPSA) is 96.0 Å². The molecule has 172 valence electrons. The molecule has 2 atom stereocenters. The lowest BCUT2D eigenvalue weighted by Gasteiger charge is -2.38. The van der Waals surface area contributed by atoms with E-state index in [9.17, 15) is 23.6 Å². The Morgan fingerprint density at radius 3 is 2.39 bits per heavy atom. The van der Waals surface area contributed by atoms with Gasteiger partial charge in [0.05, 0.1) is 5.69 Å². The largest absolute Gasteiger partial charge is 0.444 e. The van der Waals surface area contributed by atoms with Gasteiger partial charge in [0.25, 0.3) is 5.91 Å². The lowest BCUT2D eigenvalue weighted by Crippen LogP contribution is -2.66. The van der Waals surface area contributed by atoms with E-state index in [1.165, 1.54) is 35.9 Å². The third-order valence-electron chi connectivity index (χ3n) is 5.77. The van der Waals surface area contributed by atoms with Crippen LogP contribution in [0.25, 0.3) is 0 Å². The second-order valence-corrected chi connectivity index (χ2v) is 9.13. The Hall–Kier alpha value is -3.75. The Balaban J connectivity index is 1.99. The second kappa shape index (κ2) is 7.40. The molecule has 2 aliphatic rings. The van der Waals surface area contributed by atoms with Crippen molar-refractivity contribution in [2.75, 3.05) is 16.8 Å². The van der Waals surface area contributed by atoms with Crippen molar-refractivity contribution in [1.82, 2.24) is 5.32 Å². The average Bonchev–Trinajstić information content (AvgIpc) is 3.12. The number of benzene rings is 2. The standard InChI is InChI=1S/C24H24FN3O5/c1-13(29)28-17-9-7-6-8-15(17)19(30)20(28)24(26-22(32)33-23(2,3)4)16-12-14(25)10-11-18(16)27(5)21(24)31/h6-12,20H,1-5H3,(H,26,32)/t20-,24+/m1/s1. The van der Waals surface area contributed by atoms with Gasteiger partial charge in [-0.15, -0.1) is 0 Å². The van der Waals surface area contributed by atoms with Crippen LogP contribution in [0.2, 0.25) is 0 Å². The Labute approximate surface area is 190 Å². The molecule has 0 aromatic heterocycles. The summed E-state index contributed by atoms with van der Waals surface area (Å²) in [5.41, 5.74) is -2.10. The van der Waals surface area contributed by atoms with Gasteiger partial charge in [-0.2, -0.15) is 0 Å². The molecular formula is C24H24FN3O5. The molecule has 0 unspecified atom stereocenters. The Morgan fingerprint density at radius 2 is 1.76 bits per heavy atom. The summed E-state index contributed by atoms with van der Waals surface area (Å²) in [6.07, 6.45) is -0.978. The summed E-state index contributed by atoms with van der Waals surface area (Å²) >= 11 is 0. The minimum absolute atomic E-state index is 0.0678. The molecule has 0 aliphatic carbocycles. The number of para-hydroxylation sites is 1. The molecule has 4 rings (SSSR count). The van der Waals surface area contributed by atoms with E-state index >= 15 is 0 Å². The van der Waals surface area contributed by atoms with Gasteiger partial charge < -0.3 is 15.0 Å². The van der Waals surface area contributed by atoms with Gasteiger partial charge in [0.1, 0.15) is 17.5 Å². The van der Waals surface area contributed by atoms with E-state index in [-0.39, 0.29) is 11.1 Å². The number of nitrogens with zero attached hydrogens (tertiary/aromatic N) is 2. The maximum Gasteiger partial charge on any atom is 0.408 e. The zero-order valence-electron chi connectivity index (χ0n) is 18.9. The van der Waals surface area contributed by atoms with E-state index in [2.05, 4.69) is 5.32 Å². The van der Waals surface area contributed by atoms with Crippen LogP contribution in [0.15, 0.2) is 42.5 Å². The lowest BCUT2D eigenvalue weighted by atomic mass is 9.81. The predicted molar refractivity (Wildman–Crippen MR) is 119 cm³/mol. The molecule has 0 fully saturated rings. The average molecular weight is 453 g/mol. The first-order valence-corrected chi connectivity index (χ1v) is 10.4. The zero-order valence-corrected chi connectivity index (χ0v) is 18.9. The Kier molecular flexibility index (Phi) is 5.03. The Bertz CT molecular complexity index is 1200. The van der Waals surface area contributed by atoms with Crippen molar-refractivity contribution in [3.63, 3.8) is 0 Å². The van der Waals surface area contributed by atoms with Gasteiger partial charge in [-0.1, -0.05) is 12.1 Å². The number of rotatable bonds is 2. The highest BCUT2D eigenvalue weighted by molar-refractivity contribution is 6.23. The van der Waals surface area contributed by atoms with Crippen LogP contribution in [0.4, 0.5) is 20.6 Å². The van der Waals surface area contributed by atoms with E-state index in [0.717, 1.165) is 6.07 Å². The first kappa shape index (κ1) is 22.4. The number of Topliss-reactive ketones (excluding diaryl/α,β-unsaturated/α-hetero) is 1. The predicted octanol–water partition coefficient (Wildman–Crippen LogP) is 3.14. The van der Waals surface area contributed by atoms with E-state index in [1.54, 1.807) is 45.0 Å². The van der Waals surface area contributed by atoms with Crippen molar-refractivity contribution in [3.05, 3.63) is 59.4 Å². The number of amides is 3. The number of nitrogens with one attached hydrogen (secondary N) is 1. The quantitative estimate of drug-likeness (QED) is 0.754. The molecule has 0 spiro atoms. The van der Waals surface area contributed by atoms with Crippen LogP contribution >= 0.6 is 0 Å². The first-order valence-electron chi connectivity index (χ1n) is 10.4. The highest BCUT2D eigenvalue weighted by atomic mass is 19.1. The van der Waals surface area contributed by atoms with Crippen molar-refractivity contribution < 1.29 is 28.3 Å². The molecule has 2 aromatic carbocycles. The van der Waals surface area contributed by atoms with Crippen molar-refractivity contribution in [3.8, 4) is 0 Å². The SMILES string of the molecule is CC(=O)N1c2ccccc2C(=O)[C@@H]1[C@]1(NC(=O)OC(C)(C)C)C(=O)N(C)c2ccc(F)cc21. The first-order chi connectivity index (χ1) is 15.4. The van der Waals surface area contributed by atoms with Gasteiger partial charge in [0, 0.05) is 30.8 Å². The number of carbonyl (C=O) groups is 4. The highest BCUT2D eigenvalue weighted by Gasteiger charge is 2.63. The van der Waals surface area contributed by atoms with Crippen LogP contribution in [-0.2, 0) is 19.9 Å². The van der Waals surface area contributed by atoms with Gasteiger partial charge in [-0.3, -0.25) is 19.3 Å². The normalized spacial score (nSPS) is 21.7. The fourth-order valence-electron chi connectivity index (χ4n) is 4.56. The van der Waals surface area contributed by atoms with Gasteiger partial charge in [0.15, 0.2) is 11.3 Å². The fraction of sp³-hybridized carbons (Fsp3) is 0.333. The second-order valence-electron chi connectivity index (χ2n) is 9.13. The lowest BCUT2D eigenvalue weighted by molar-refractivity contribution is -0.125. The Morgan fingerprint density at radius 1 is 1.09 bits per heavy atom. The van der Waals surface area contributed by atoms with Gasteiger partial charge >= 0.3 is 6.09 Å². The molecule has 8 nitrogen and oxygen atoms in total. The molecular weight excluding hydrogens is 429 g/mol. The molecule has 0 saturated heterocycles. The number of fused-ring (bicyclic) bond motifs is 2. The molecule has 1 N–H and O–H groups in total. The molecule has 9 heteroatoms. The number of ketones is 1. The number of ether oxygens (including phenoxy) is 1. The molecule has 2 aliphatic heterocycles. The molecule has 0 radical (unpaired) electrons. The fourth-order valence-corrected chi connectivity index (χ4v) is 4.56. The van der Waals surface area contributed by atoms with E-state index < -0.39 is 46.7 Å². The van der Waals surface area contributed by atoms with Crippen LogP contribution in [0.1, 0.15) is 43.6 Å². The van der Waals surface area contributed by atoms with E-state index in [0.29, 0.717) is 11.4 Å². The maximum atomic E-state index is 14.4. The zero-order chi connectivity index (χ0) is 24.3. The number of anilines is 2. The minimum atomic E-state index is -2.10. The highest BCUT2D eigenvalue weighted by Crippen LogP contribution is 2.48. The number of carbonyl (C=O) groups excluding carboxylic acids is 4. The maximum absolute atomic E-state index is 14.4. The summed E-state index contributed by atoms with van der Waals surface area (Å²) in [5.74, 6) is -2.41. The smallest absolute Gasteiger partial charge is 0.408 e. The number of halogens is 1. The van der Waals surface area contributed by atoms with Crippen molar-refractivity contribution in [1.29, 1.82) is 0 Å². The summed E-state index contributed by atoms with van der Waals surface area (Å²) < 4.78 is 19.8. The summed E-state index contributed by atoms with van der Waals surface area (Å²) in [6, 6.07) is 8.64. The van der Waals surface area contributed by atoms with Crippen LogP contribution in [0.5, 0.6) is 0 Å². The molecule has 0 saturated carbocycles. The van der Waals surface area contributed by atoms with Gasteiger partial charge in [-0.25, -0.2) is 9.18 Å². The number of hydrogen-bond acceptors (Lipinski definition) is 5. The van der Waals surface area contributed by atoms with E-state index in [4.69, 9.17) is 4.74 Å². The number of alkyl carbamates (subject to hydrolysis) is 1. The van der Waals surface area contributed by atoms with Crippen molar-refractivity contribution in [2.45, 2.75) is 44.9 Å². The minimum Gasteiger partial charge on any atom is -0.444 e. The molecule has 2 heterocycles. The van der Waals surface area contributed by atoms with Gasteiger partial charge in [0.2, 0.25) is 5.91 Å². The van der Waals surface area contributed by atoms with Crippen LogP contribution in [-0.4, -0.2) is 42.4 Å². The summed E-state index contributed by atoms with van der Waals surface area (Å²) in [6.45, 7) is 6.20. The summed E-state index contributed by atoms with van der Waals surface area (Å²) in [4.78, 5) is 55.6. The molecule has 2 aromatic rings. The molecule has 0 bridgehead atoms. The van der Waals surface area contributed by atoms with Crippen LogP contribution in [0.3, 0.4) is 0 Å². The summed E-state index contributed by atoms with van der Waals surface area (Å²) in [7, 11) is 1.46. The number of hydrogen-bond donors (Lipinski definition) is 1. The van der Waals surface area contributed by atoms with Crippen molar-refractivity contribution in [2.24, 2.45) is 0 Å².